The van der Waals surface area contributed by atoms with E-state index in [2.05, 4.69) is 78.3 Å². The first kappa shape index (κ1) is 13.0. The smallest absolute Gasteiger partial charge is 0.212 e. The zero-order valence-electron chi connectivity index (χ0n) is 12.7. The van der Waals surface area contributed by atoms with Crippen LogP contribution in [0.1, 0.15) is 5.56 Å². The van der Waals surface area contributed by atoms with Crippen LogP contribution in [0.4, 0.5) is 0 Å². The van der Waals surface area contributed by atoms with Crippen molar-refractivity contribution in [1.82, 2.24) is 4.98 Å². The van der Waals surface area contributed by atoms with Crippen molar-refractivity contribution < 1.29 is 4.57 Å². The zero-order chi connectivity index (χ0) is 15.1. The van der Waals surface area contributed by atoms with E-state index in [1.165, 1.54) is 33.0 Å². The van der Waals surface area contributed by atoms with Crippen molar-refractivity contribution in [2.24, 2.45) is 7.05 Å². The van der Waals surface area contributed by atoms with Crippen molar-refractivity contribution in [3.63, 3.8) is 0 Å². The minimum Gasteiger partial charge on any atom is -0.256 e. The average Bonchev–Trinajstić information content (AvgIpc) is 2.55. The first-order valence-corrected chi connectivity index (χ1v) is 7.47. The van der Waals surface area contributed by atoms with Crippen LogP contribution in [0.25, 0.3) is 32.9 Å². The molecule has 4 rings (SSSR count). The van der Waals surface area contributed by atoms with E-state index in [9.17, 15) is 0 Å². The van der Waals surface area contributed by atoms with Crippen LogP contribution < -0.4 is 4.57 Å². The summed E-state index contributed by atoms with van der Waals surface area (Å²) < 4.78 is 2.16. The van der Waals surface area contributed by atoms with Crippen LogP contribution in [-0.4, -0.2) is 4.98 Å². The highest BCUT2D eigenvalue weighted by Gasteiger charge is 2.13. The van der Waals surface area contributed by atoms with Crippen LogP contribution in [0.15, 0.2) is 67.0 Å². The van der Waals surface area contributed by atoms with E-state index >= 15 is 0 Å². The summed E-state index contributed by atoms with van der Waals surface area (Å²) in [4.78, 5) is 4.59. The molecule has 0 amide bonds. The number of hydrogen-bond donors (Lipinski definition) is 0. The Morgan fingerprint density at radius 2 is 1.77 bits per heavy atom. The third kappa shape index (κ3) is 1.96. The van der Waals surface area contributed by atoms with E-state index in [0.717, 1.165) is 5.52 Å². The van der Waals surface area contributed by atoms with Gasteiger partial charge in [-0.15, -0.1) is 0 Å². The molecule has 106 valence electrons. The SMILES string of the molecule is Cc1cc2ccc3cccnc3c2cc1-c1cccc[n+]1C. The normalized spacial score (nSPS) is 11.2. The molecule has 0 bridgehead atoms. The summed E-state index contributed by atoms with van der Waals surface area (Å²) in [7, 11) is 2.08. The van der Waals surface area contributed by atoms with Gasteiger partial charge in [0, 0.05) is 34.7 Å². The standard InChI is InChI=1S/C20H17N2/c1-14-12-16-9-8-15-6-5-10-21-20(15)18(16)13-17(14)19-7-3-4-11-22(19)2/h3-13H,1-2H3/q+1. The number of pyridine rings is 2. The fourth-order valence-electron chi connectivity index (χ4n) is 3.11. The summed E-state index contributed by atoms with van der Waals surface area (Å²) in [5, 5.41) is 3.64. The molecule has 0 spiro atoms. The van der Waals surface area contributed by atoms with Crippen LogP contribution in [0.5, 0.6) is 0 Å². The monoisotopic (exact) mass is 285 g/mol. The van der Waals surface area contributed by atoms with Gasteiger partial charge in [-0.2, -0.15) is 0 Å². The number of rotatable bonds is 1. The number of nitrogens with zero attached hydrogens (tertiary/aromatic N) is 2. The number of benzene rings is 2. The molecule has 22 heavy (non-hydrogen) atoms. The van der Waals surface area contributed by atoms with Gasteiger partial charge in [-0.25, -0.2) is 4.57 Å². The van der Waals surface area contributed by atoms with E-state index in [1.54, 1.807) is 0 Å². The molecule has 0 aliphatic heterocycles. The van der Waals surface area contributed by atoms with Gasteiger partial charge in [-0.3, -0.25) is 4.98 Å². The lowest BCUT2D eigenvalue weighted by Gasteiger charge is -2.09. The van der Waals surface area contributed by atoms with Gasteiger partial charge in [0.05, 0.1) is 5.52 Å². The number of hydrogen-bond acceptors (Lipinski definition) is 1. The maximum atomic E-state index is 4.59. The van der Waals surface area contributed by atoms with Crippen LogP contribution >= 0.6 is 0 Å². The molecule has 0 fully saturated rings. The van der Waals surface area contributed by atoms with Crippen LogP contribution in [0, 0.1) is 6.92 Å². The van der Waals surface area contributed by atoms with Crippen molar-refractivity contribution in [3.8, 4) is 11.3 Å². The van der Waals surface area contributed by atoms with E-state index in [0.29, 0.717) is 0 Å². The Morgan fingerprint density at radius 1 is 0.909 bits per heavy atom. The lowest BCUT2D eigenvalue weighted by atomic mass is 9.97. The summed E-state index contributed by atoms with van der Waals surface area (Å²) >= 11 is 0. The fourth-order valence-corrected chi connectivity index (χ4v) is 3.11. The third-order valence-electron chi connectivity index (χ3n) is 4.26. The van der Waals surface area contributed by atoms with Gasteiger partial charge in [0.15, 0.2) is 6.20 Å². The largest absolute Gasteiger partial charge is 0.256 e. The summed E-state index contributed by atoms with van der Waals surface area (Å²) in [6.07, 6.45) is 3.95. The number of aryl methyl sites for hydroxylation is 2. The Hall–Kier alpha value is -2.74. The van der Waals surface area contributed by atoms with Gasteiger partial charge in [0.25, 0.3) is 0 Å². The summed E-state index contributed by atoms with van der Waals surface area (Å²) in [5.74, 6) is 0. The van der Waals surface area contributed by atoms with E-state index in [4.69, 9.17) is 0 Å². The molecule has 0 aliphatic carbocycles. The first-order chi connectivity index (χ1) is 10.7. The predicted molar refractivity (Wildman–Crippen MR) is 90.6 cm³/mol. The molecule has 2 aromatic heterocycles. The lowest BCUT2D eigenvalue weighted by Crippen LogP contribution is -2.30. The van der Waals surface area contributed by atoms with Gasteiger partial charge in [-0.05, 0) is 36.1 Å². The first-order valence-electron chi connectivity index (χ1n) is 7.47. The second kappa shape index (κ2) is 4.92. The maximum absolute atomic E-state index is 4.59. The van der Waals surface area contributed by atoms with Gasteiger partial charge in [0.2, 0.25) is 5.69 Å². The van der Waals surface area contributed by atoms with Crippen molar-refractivity contribution in [2.75, 3.05) is 0 Å². The average molecular weight is 285 g/mol. The topological polar surface area (TPSA) is 16.8 Å². The van der Waals surface area contributed by atoms with Gasteiger partial charge in [-0.1, -0.05) is 24.3 Å². The molecule has 0 atom stereocenters. The van der Waals surface area contributed by atoms with Gasteiger partial charge in [0.1, 0.15) is 7.05 Å². The molecular weight excluding hydrogens is 268 g/mol. The maximum Gasteiger partial charge on any atom is 0.212 e. The van der Waals surface area contributed by atoms with Gasteiger partial charge < -0.3 is 0 Å². The Bertz CT molecular complexity index is 1000. The lowest BCUT2D eigenvalue weighted by molar-refractivity contribution is -0.660. The molecule has 4 aromatic rings. The number of fused-ring (bicyclic) bond motifs is 3. The van der Waals surface area contributed by atoms with Crippen molar-refractivity contribution in [2.45, 2.75) is 6.92 Å². The highest BCUT2D eigenvalue weighted by atomic mass is 14.9. The van der Waals surface area contributed by atoms with E-state index < -0.39 is 0 Å². The van der Waals surface area contributed by atoms with Crippen LogP contribution in [-0.2, 0) is 7.05 Å². The third-order valence-corrected chi connectivity index (χ3v) is 4.26. The fraction of sp³-hybridized carbons (Fsp3) is 0.100. The predicted octanol–water partition coefficient (Wildman–Crippen LogP) is 4.19. The molecule has 2 heterocycles. The molecule has 0 saturated heterocycles. The zero-order valence-corrected chi connectivity index (χ0v) is 12.7. The molecule has 0 aliphatic rings. The molecule has 2 nitrogen and oxygen atoms in total. The molecule has 0 radical (unpaired) electrons. The van der Waals surface area contributed by atoms with Crippen molar-refractivity contribution in [3.05, 3.63) is 72.6 Å². The molecule has 0 saturated carbocycles. The molecule has 0 N–H and O–H groups in total. The Morgan fingerprint density at radius 3 is 2.64 bits per heavy atom. The quantitative estimate of drug-likeness (QED) is 0.378. The Labute approximate surface area is 129 Å². The van der Waals surface area contributed by atoms with Crippen LogP contribution in [0.3, 0.4) is 0 Å². The minimum absolute atomic E-state index is 1.07. The van der Waals surface area contributed by atoms with Gasteiger partial charge >= 0.3 is 0 Å². The van der Waals surface area contributed by atoms with Crippen molar-refractivity contribution in [1.29, 1.82) is 0 Å². The molecular formula is C20H17N2+. The summed E-state index contributed by atoms with van der Waals surface area (Å²) in [6.45, 7) is 2.17. The summed E-state index contributed by atoms with van der Waals surface area (Å²) in [6, 6.07) is 19.3. The molecule has 0 unspecified atom stereocenters. The highest BCUT2D eigenvalue weighted by Crippen LogP contribution is 2.30. The summed E-state index contributed by atoms with van der Waals surface area (Å²) in [5.41, 5.74) is 4.83. The Kier molecular flexibility index (Phi) is 2.90. The van der Waals surface area contributed by atoms with Crippen LogP contribution in [0.2, 0.25) is 0 Å². The highest BCUT2D eigenvalue weighted by molar-refractivity contribution is 6.06. The molecule has 2 aromatic carbocycles. The van der Waals surface area contributed by atoms with E-state index in [-0.39, 0.29) is 0 Å². The van der Waals surface area contributed by atoms with Crippen molar-refractivity contribution >= 4 is 21.7 Å². The minimum atomic E-state index is 1.07. The number of aromatic nitrogens is 2. The molecule has 2 heteroatoms. The van der Waals surface area contributed by atoms with E-state index in [1.807, 2.05) is 12.3 Å². The second-order valence-corrected chi connectivity index (χ2v) is 5.73. The Balaban J connectivity index is 2.10. The second-order valence-electron chi connectivity index (χ2n) is 5.73.